The van der Waals surface area contributed by atoms with Crippen molar-refractivity contribution in [1.82, 2.24) is 21.3 Å². The first-order valence-electron chi connectivity index (χ1n) is 7.49. The number of halogens is 2. The average Bonchev–Trinajstić information content (AvgIpc) is 3.10. The monoisotopic (exact) mass is 522 g/mol. The Hall–Kier alpha value is 0. The summed E-state index contributed by atoms with van der Waals surface area (Å²) in [5.74, 6) is 1.96. The Morgan fingerprint density at radius 1 is 0.714 bits per heavy atom. The van der Waals surface area contributed by atoms with Crippen LogP contribution in [0.15, 0.2) is 9.98 Å². The summed E-state index contributed by atoms with van der Waals surface area (Å²) in [6, 6.07) is 0. The molecule has 6 nitrogen and oxygen atoms in total. The number of nitrogens with zero attached hydrogens (tertiary/aromatic N) is 2. The molecule has 21 heavy (non-hydrogen) atoms. The van der Waals surface area contributed by atoms with Gasteiger partial charge in [-0.25, -0.2) is 0 Å². The van der Waals surface area contributed by atoms with Gasteiger partial charge in [-0.3, -0.25) is 9.98 Å². The molecular formula is C13H28I2N6. The highest BCUT2D eigenvalue weighted by atomic mass is 127. The molecule has 0 saturated carbocycles. The summed E-state index contributed by atoms with van der Waals surface area (Å²) >= 11 is 0. The fourth-order valence-electron chi connectivity index (χ4n) is 2.23. The highest BCUT2D eigenvalue weighted by Crippen LogP contribution is 2.01. The summed E-state index contributed by atoms with van der Waals surface area (Å²) in [4.78, 5) is 8.60. The van der Waals surface area contributed by atoms with E-state index < -0.39 is 0 Å². The van der Waals surface area contributed by atoms with Crippen molar-refractivity contribution in [3.05, 3.63) is 0 Å². The predicted octanol–water partition coefficient (Wildman–Crippen LogP) is 1.27. The van der Waals surface area contributed by atoms with Crippen LogP contribution >= 0.6 is 48.0 Å². The lowest BCUT2D eigenvalue weighted by Gasteiger charge is -2.07. The third kappa shape index (κ3) is 9.59. The first-order valence-corrected chi connectivity index (χ1v) is 7.49. The summed E-state index contributed by atoms with van der Waals surface area (Å²) in [5, 5.41) is 13.1. The van der Waals surface area contributed by atoms with Crippen LogP contribution in [0.3, 0.4) is 0 Å². The van der Waals surface area contributed by atoms with Gasteiger partial charge in [-0.2, -0.15) is 0 Å². The molecule has 8 heteroatoms. The molecular weight excluding hydrogens is 494 g/mol. The smallest absolute Gasteiger partial charge is 0.191 e. The minimum Gasteiger partial charge on any atom is -0.356 e. The molecule has 0 saturated heterocycles. The van der Waals surface area contributed by atoms with Gasteiger partial charge in [0.1, 0.15) is 0 Å². The van der Waals surface area contributed by atoms with Crippen molar-refractivity contribution in [2.24, 2.45) is 9.98 Å². The van der Waals surface area contributed by atoms with Crippen molar-refractivity contribution in [3.8, 4) is 0 Å². The van der Waals surface area contributed by atoms with Gasteiger partial charge >= 0.3 is 0 Å². The molecule has 0 aromatic heterocycles. The summed E-state index contributed by atoms with van der Waals surface area (Å²) < 4.78 is 0. The molecule has 0 unspecified atom stereocenters. The SMILES string of the molecule is C(CCCNC1=NCCN1)CCCNC1=NCCN1.I.I. The van der Waals surface area contributed by atoms with Gasteiger partial charge in [-0.05, 0) is 12.8 Å². The molecule has 2 rings (SSSR count). The van der Waals surface area contributed by atoms with Crippen molar-refractivity contribution in [2.45, 2.75) is 32.1 Å². The molecule has 0 aromatic carbocycles. The first kappa shape index (κ1) is 21.0. The van der Waals surface area contributed by atoms with Gasteiger partial charge in [0.25, 0.3) is 0 Å². The van der Waals surface area contributed by atoms with Gasteiger partial charge in [-0.1, -0.05) is 19.3 Å². The molecule has 0 amide bonds. The standard InChI is InChI=1S/C13H26N6.2HI/c1(2-4-6-14-12-16-8-9-17-12)3-5-7-15-13-18-10-11-19-13;;/h1-11H2,(H2,14,16,17)(H2,15,18,19);2*1H. The van der Waals surface area contributed by atoms with Gasteiger partial charge in [-0.15, -0.1) is 48.0 Å². The Labute approximate surface area is 161 Å². The molecule has 2 aliphatic rings. The number of unbranched alkanes of at least 4 members (excludes halogenated alkanes) is 4. The van der Waals surface area contributed by atoms with Crippen molar-refractivity contribution >= 4 is 59.9 Å². The van der Waals surface area contributed by atoms with E-state index in [9.17, 15) is 0 Å². The highest BCUT2D eigenvalue weighted by molar-refractivity contribution is 14.0. The Kier molecular flexibility index (Phi) is 13.6. The van der Waals surface area contributed by atoms with Crippen LogP contribution in [0, 0.1) is 0 Å². The van der Waals surface area contributed by atoms with Crippen LogP contribution in [-0.2, 0) is 0 Å². The number of hydrogen-bond acceptors (Lipinski definition) is 6. The summed E-state index contributed by atoms with van der Waals surface area (Å²) in [6.07, 6.45) is 6.34. The van der Waals surface area contributed by atoms with Gasteiger partial charge in [0, 0.05) is 26.2 Å². The van der Waals surface area contributed by atoms with E-state index in [0.29, 0.717) is 0 Å². The van der Waals surface area contributed by atoms with Crippen LogP contribution in [0.25, 0.3) is 0 Å². The Bertz CT molecular complexity index is 292. The molecule has 4 N–H and O–H groups in total. The Balaban J connectivity index is 0.00000200. The number of nitrogens with one attached hydrogen (secondary N) is 4. The fourth-order valence-corrected chi connectivity index (χ4v) is 2.23. The van der Waals surface area contributed by atoms with Crippen molar-refractivity contribution in [1.29, 1.82) is 0 Å². The van der Waals surface area contributed by atoms with Crippen LogP contribution in [0.1, 0.15) is 32.1 Å². The summed E-state index contributed by atoms with van der Waals surface area (Å²) in [7, 11) is 0. The van der Waals surface area contributed by atoms with E-state index in [1.54, 1.807) is 0 Å². The lowest BCUT2D eigenvalue weighted by Crippen LogP contribution is -2.34. The third-order valence-corrected chi connectivity index (χ3v) is 3.29. The lowest BCUT2D eigenvalue weighted by atomic mass is 10.1. The van der Waals surface area contributed by atoms with E-state index >= 15 is 0 Å². The normalized spacial score (nSPS) is 15.8. The minimum atomic E-state index is 0. The number of rotatable bonds is 8. The van der Waals surface area contributed by atoms with Gasteiger partial charge in [0.2, 0.25) is 0 Å². The third-order valence-electron chi connectivity index (χ3n) is 3.29. The number of aliphatic imine (C=N–C) groups is 2. The predicted molar refractivity (Wildman–Crippen MR) is 111 cm³/mol. The molecule has 0 radical (unpaired) electrons. The largest absolute Gasteiger partial charge is 0.356 e. The van der Waals surface area contributed by atoms with E-state index in [4.69, 9.17) is 0 Å². The molecule has 0 fully saturated rings. The maximum absolute atomic E-state index is 4.30. The van der Waals surface area contributed by atoms with E-state index in [1.807, 2.05) is 0 Å². The maximum atomic E-state index is 4.30. The average molecular weight is 522 g/mol. The second-order valence-electron chi connectivity index (χ2n) is 4.94. The zero-order valence-electron chi connectivity index (χ0n) is 12.5. The second kappa shape index (κ2) is 13.6. The molecule has 0 bridgehead atoms. The molecule has 124 valence electrons. The van der Waals surface area contributed by atoms with Crippen molar-refractivity contribution < 1.29 is 0 Å². The zero-order chi connectivity index (χ0) is 13.2. The van der Waals surface area contributed by atoms with E-state index in [0.717, 1.165) is 51.2 Å². The van der Waals surface area contributed by atoms with Crippen molar-refractivity contribution in [2.75, 3.05) is 39.3 Å². The van der Waals surface area contributed by atoms with Crippen LogP contribution in [0.4, 0.5) is 0 Å². The number of guanidine groups is 2. The molecule has 0 atom stereocenters. The van der Waals surface area contributed by atoms with Crippen LogP contribution in [0.5, 0.6) is 0 Å². The maximum Gasteiger partial charge on any atom is 0.191 e. The van der Waals surface area contributed by atoms with Gasteiger partial charge < -0.3 is 21.3 Å². The number of hydrogen-bond donors (Lipinski definition) is 4. The molecule has 2 aliphatic heterocycles. The molecule has 0 aromatic rings. The van der Waals surface area contributed by atoms with Crippen LogP contribution < -0.4 is 21.3 Å². The Morgan fingerprint density at radius 3 is 1.52 bits per heavy atom. The summed E-state index contributed by atoms with van der Waals surface area (Å²) in [6.45, 7) is 5.85. The quantitative estimate of drug-likeness (QED) is 0.287. The topological polar surface area (TPSA) is 72.8 Å². The molecule has 2 heterocycles. The van der Waals surface area contributed by atoms with E-state index in [2.05, 4.69) is 31.3 Å². The molecule has 0 spiro atoms. The van der Waals surface area contributed by atoms with Crippen LogP contribution in [-0.4, -0.2) is 51.2 Å². The van der Waals surface area contributed by atoms with E-state index in [-0.39, 0.29) is 48.0 Å². The fraction of sp³-hybridized carbons (Fsp3) is 0.846. The lowest BCUT2D eigenvalue weighted by molar-refractivity contribution is 0.600. The van der Waals surface area contributed by atoms with Crippen LogP contribution in [0.2, 0.25) is 0 Å². The molecule has 0 aliphatic carbocycles. The summed E-state index contributed by atoms with van der Waals surface area (Å²) in [5.41, 5.74) is 0. The minimum absolute atomic E-state index is 0. The van der Waals surface area contributed by atoms with Gasteiger partial charge in [0.05, 0.1) is 13.1 Å². The Morgan fingerprint density at radius 2 is 1.14 bits per heavy atom. The van der Waals surface area contributed by atoms with E-state index in [1.165, 1.54) is 32.1 Å². The van der Waals surface area contributed by atoms with Gasteiger partial charge in [0.15, 0.2) is 11.9 Å². The zero-order valence-corrected chi connectivity index (χ0v) is 17.1. The first-order chi connectivity index (χ1) is 9.45. The van der Waals surface area contributed by atoms with Crippen molar-refractivity contribution in [3.63, 3.8) is 0 Å². The highest BCUT2D eigenvalue weighted by Gasteiger charge is 2.03. The second-order valence-corrected chi connectivity index (χ2v) is 4.94.